The highest BCUT2D eigenvalue weighted by Crippen LogP contribution is 2.53. The Morgan fingerprint density at radius 2 is 1.07 bits per heavy atom. The van der Waals surface area contributed by atoms with Gasteiger partial charge in [0.2, 0.25) is 5.95 Å². The summed E-state index contributed by atoms with van der Waals surface area (Å²) in [7, 11) is 0. The minimum atomic E-state index is 0.645. The first kappa shape index (κ1) is 33.6. The molecule has 0 spiro atoms. The van der Waals surface area contributed by atoms with E-state index in [0.717, 1.165) is 44.4 Å². The van der Waals surface area contributed by atoms with Crippen LogP contribution in [0.2, 0.25) is 0 Å². The van der Waals surface area contributed by atoms with E-state index in [2.05, 4.69) is 216 Å². The molecule has 0 atom stereocenters. The maximum Gasteiger partial charge on any atom is 0.235 e. The highest BCUT2D eigenvalue weighted by Gasteiger charge is 2.27. The van der Waals surface area contributed by atoms with Crippen molar-refractivity contribution < 1.29 is 0 Å². The summed E-state index contributed by atoms with van der Waals surface area (Å²) in [5.41, 5.74) is 13.2. The van der Waals surface area contributed by atoms with Crippen molar-refractivity contribution in [1.29, 1.82) is 0 Å². The van der Waals surface area contributed by atoms with Crippen molar-refractivity contribution in [1.82, 2.24) is 14.5 Å². The summed E-state index contributed by atoms with van der Waals surface area (Å²) < 4.78 is 2.27. The van der Waals surface area contributed by atoms with Crippen LogP contribution in [0.15, 0.2) is 216 Å². The molecule has 0 aliphatic carbocycles. The molecule has 11 aromatic rings. The first-order valence-corrected chi connectivity index (χ1v) is 20.7. The van der Waals surface area contributed by atoms with Gasteiger partial charge in [-0.2, -0.15) is 0 Å². The number of para-hydroxylation sites is 3. The quantitative estimate of drug-likeness (QED) is 0.175. The topological polar surface area (TPSA) is 34.0 Å². The number of hydrogen-bond donors (Lipinski definition) is 0. The number of benzene rings is 9. The number of hydrogen-bond acceptors (Lipinski definition) is 4. The van der Waals surface area contributed by atoms with E-state index in [4.69, 9.17) is 9.97 Å². The van der Waals surface area contributed by atoms with Crippen LogP contribution in [0.4, 0.5) is 17.1 Å². The van der Waals surface area contributed by atoms with Crippen molar-refractivity contribution in [2.24, 2.45) is 0 Å². The lowest BCUT2D eigenvalue weighted by Gasteiger charge is -2.33. The molecule has 0 saturated carbocycles. The van der Waals surface area contributed by atoms with Crippen LogP contribution >= 0.6 is 11.8 Å². The Kier molecular flexibility index (Phi) is 7.75. The molecular weight excluding hydrogens is 737 g/mol. The van der Waals surface area contributed by atoms with Gasteiger partial charge in [0.25, 0.3) is 0 Å². The summed E-state index contributed by atoms with van der Waals surface area (Å²) in [5.74, 6) is 0.645. The zero-order valence-electron chi connectivity index (χ0n) is 31.8. The first-order chi connectivity index (χ1) is 29.3. The smallest absolute Gasteiger partial charge is 0.235 e. The summed E-state index contributed by atoms with van der Waals surface area (Å²) in [5, 5.41) is 5.79. The molecule has 0 radical (unpaired) electrons. The predicted molar refractivity (Wildman–Crippen MR) is 246 cm³/mol. The number of anilines is 3. The van der Waals surface area contributed by atoms with Crippen LogP contribution in [0.3, 0.4) is 0 Å². The lowest BCUT2D eigenvalue weighted by Crippen LogP contribution is -2.14. The number of nitrogens with zero attached hydrogens (tertiary/aromatic N) is 4. The fourth-order valence-corrected chi connectivity index (χ4v) is 9.94. The molecule has 0 saturated heterocycles. The van der Waals surface area contributed by atoms with E-state index < -0.39 is 0 Å². The third-order valence-corrected chi connectivity index (χ3v) is 12.7. The number of fused-ring (bicyclic) bond motifs is 8. The molecule has 4 nitrogen and oxygen atoms in total. The number of rotatable bonds is 5. The molecule has 0 fully saturated rings. The van der Waals surface area contributed by atoms with Crippen LogP contribution in [0.1, 0.15) is 0 Å². The Bertz CT molecular complexity index is 3410. The van der Waals surface area contributed by atoms with Gasteiger partial charge in [0.15, 0.2) is 0 Å². The Labute approximate surface area is 345 Å². The lowest BCUT2D eigenvalue weighted by molar-refractivity contribution is 1.01. The van der Waals surface area contributed by atoms with Gasteiger partial charge in [-0.25, -0.2) is 9.97 Å². The highest BCUT2D eigenvalue weighted by molar-refractivity contribution is 7.99. The minimum Gasteiger partial charge on any atom is -0.308 e. The van der Waals surface area contributed by atoms with Crippen LogP contribution < -0.4 is 4.90 Å². The summed E-state index contributed by atoms with van der Waals surface area (Å²) in [4.78, 5) is 15.7. The summed E-state index contributed by atoms with van der Waals surface area (Å²) in [6, 6.07) is 73.8. The molecule has 3 heterocycles. The highest BCUT2D eigenvalue weighted by atomic mass is 32.2. The minimum absolute atomic E-state index is 0.645. The molecule has 2 aromatic heterocycles. The van der Waals surface area contributed by atoms with Crippen molar-refractivity contribution in [3.05, 3.63) is 206 Å². The van der Waals surface area contributed by atoms with Crippen LogP contribution in [0.5, 0.6) is 0 Å². The SMILES string of the molecule is c1ccc(-c2ccc(-c3nc(-n4c5cccc(-c6ccc7c(c6)N(c6ccccc6)c6ccccc6S7)c5c5c6ccccc6ccc54)nc4ccccc34)cc2)cc1. The molecule has 0 amide bonds. The van der Waals surface area contributed by atoms with E-state index >= 15 is 0 Å². The van der Waals surface area contributed by atoms with Gasteiger partial charge >= 0.3 is 0 Å². The van der Waals surface area contributed by atoms with E-state index in [1.165, 1.54) is 59.4 Å². The second-order valence-corrected chi connectivity index (χ2v) is 16.1. The average Bonchev–Trinajstić information content (AvgIpc) is 3.66. The molecule has 12 rings (SSSR count). The zero-order chi connectivity index (χ0) is 38.9. The Hall–Kier alpha value is -7.47. The van der Waals surface area contributed by atoms with Gasteiger partial charge in [-0.3, -0.25) is 4.57 Å². The summed E-state index contributed by atoms with van der Waals surface area (Å²) in [6.07, 6.45) is 0. The largest absolute Gasteiger partial charge is 0.308 e. The number of aromatic nitrogens is 3. The standard InChI is InChI=1S/C54H34N4S/c1-3-14-35(15-4-1)36-26-28-38(29-27-36)53-43-20-9-10-22-44(43)55-54(56-53)58-46-24-13-21-42(52(46)51-41-19-8-7-16-37(41)30-32-47(51)58)39-31-33-50-48(34-39)57(40-17-5-2-6-18-40)45-23-11-12-25-49(45)59-50/h1-34H. The van der Waals surface area contributed by atoms with E-state index in [1.54, 1.807) is 0 Å². The third kappa shape index (κ3) is 5.47. The molecule has 1 aliphatic heterocycles. The summed E-state index contributed by atoms with van der Waals surface area (Å²) >= 11 is 1.83. The van der Waals surface area contributed by atoms with Gasteiger partial charge in [-0.15, -0.1) is 0 Å². The maximum absolute atomic E-state index is 5.46. The molecule has 5 heteroatoms. The third-order valence-electron chi connectivity index (χ3n) is 11.6. The zero-order valence-corrected chi connectivity index (χ0v) is 32.6. The predicted octanol–water partition coefficient (Wildman–Crippen LogP) is 14.8. The van der Waals surface area contributed by atoms with E-state index in [1.807, 2.05) is 11.8 Å². The van der Waals surface area contributed by atoms with Gasteiger partial charge in [-0.05, 0) is 87.6 Å². The van der Waals surface area contributed by atoms with Gasteiger partial charge < -0.3 is 4.90 Å². The Morgan fingerprint density at radius 3 is 1.93 bits per heavy atom. The molecular formula is C54H34N4S. The van der Waals surface area contributed by atoms with Crippen molar-refractivity contribution >= 4 is 72.3 Å². The van der Waals surface area contributed by atoms with Crippen LogP contribution in [-0.2, 0) is 0 Å². The molecule has 59 heavy (non-hydrogen) atoms. The molecule has 9 aromatic carbocycles. The fourth-order valence-electron chi connectivity index (χ4n) is 8.90. The van der Waals surface area contributed by atoms with E-state index in [9.17, 15) is 0 Å². The molecule has 1 aliphatic rings. The Morgan fingerprint density at radius 1 is 0.407 bits per heavy atom. The summed E-state index contributed by atoms with van der Waals surface area (Å²) in [6.45, 7) is 0. The van der Waals surface area contributed by atoms with Crippen molar-refractivity contribution in [2.75, 3.05) is 4.90 Å². The second-order valence-electron chi connectivity index (χ2n) is 15.0. The van der Waals surface area contributed by atoms with Crippen LogP contribution in [0, 0.1) is 0 Å². The van der Waals surface area contributed by atoms with Gasteiger partial charge in [0.05, 0.1) is 33.6 Å². The van der Waals surface area contributed by atoms with Crippen molar-refractivity contribution in [3.8, 4) is 39.5 Å². The molecule has 0 N–H and O–H groups in total. The lowest BCUT2D eigenvalue weighted by atomic mass is 9.96. The molecule has 0 bridgehead atoms. The van der Waals surface area contributed by atoms with Crippen molar-refractivity contribution in [2.45, 2.75) is 9.79 Å². The average molecular weight is 771 g/mol. The fraction of sp³-hybridized carbons (Fsp3) is 0. The van der Waals surface area contributed by atoms with Gasteiger partial charge in [0, 0.05) is 37.2 Å². The molecule has 0 unspecified atom stereocenters. The Balaban J connectivity index is 1.10. The van der Waals surface area contributed by atoms with E-state index in [0.29, 0.717) is 5.95 Å². The molecule has 276 valence electrons. The van der Waals surface area contributed by atoms with Crippen LogP contribution in [-0.4, -0.2) is 14.5 Å². The normalized spacial score (nSPS) is 12.3. The maximum atomic E-state index is 5.46. The second kappa shape index (κ2) is 13.6. The van der Waals surface area contributed by atoms with Gasteiger partial charge in [-0.1, -0.05) is 163 Å². The van der Waals surface area contributed by atoms with E-state index in [-0.39, 0.29) is 0 Å². The monoisotopic (exact) mass is 770 g/mol. The van der Waals surface area contributed by atoms with Gasteiger partial charge in [0.1, 0.15) is 0 Å². The van der Waals surface area contributed by atoms with Crippen molar-refractivity contribution in [3.63, 3.8) is 0 Å². The van der Waals surface area contributed by atoms with Crippen LogP contribution in [0.25, 0.3) is 82.9 Å². The first-order valence-electron chi connectivity index (χ1n) is 19.9.